The topological polar surface area (TPSA) is 29.5 Å². The van der Waals surface area contributed by atoms with Gasteiger partial charge in [0.1, 0.15) is 5.75 Å². The van der Waals surface area contributed by atoms with Crippen molar-refractivity contribution in [3.05, 3.63) is 29.8 Å². The number of nitrogens with zero attached hydrogens (tertiary/aromatic N) is 1. The third-order valence-corrected chi connectivity index (χ3v) is 3.37. The van der Waals surface area contributed by atoms with E-state index in [1.165, 1.54) is 12.8 Å². The zero-order valence-electron chi connectivity index (χ0n) is 11.9. The second kappa shape index (κ2) is 6.60. The van der Waals surface area contributed by atoms with Gasteiger partial charge in [0.25, 0.3) is 5.91 Å². The summed E-state index contributed by atoms with van der Waals surface area (Å²) in [5.74, 6) is 1.61. The Bertz CT molecular complexity index is 427. The van der Waals surface area contributed by atoms with Gasteiger partial charge < -0.3 is 9.64 Å². The summed E-state index contributed by atoms with van der Waals surface area (Å²) in [5, 5.41) is 0. The highest BCUT2D eigenvalue weighted by Gasteiger charge is 2.26. The van der Waals surface area contributed by atoms with Crippen molar-refractivity contribution in [2.24, 2.45) is 5.92 Å². The molecule has 104 valence electrons. The third kappa shape index (κ3) is 4.58. The van der Waals surface area contributed by atoms with Crippen molar-refractivity contribution in [1.82, 2.24) is 4.90 Å². The zero-order valence-corrected chi connectivity index (χ0v) is 11.9. The highest BCUT2D eigenvalue weighted by molar-refractivity contribution is 5.77. The molecule has 1 aromatic carbocycles. The minimum absolute atomic E-state index is 0.107. The molecule has 1 aliphatic carbocycles. The van der Waals surface area contributed by atoms with Gasteiger partial charge in [0.2, 0.25) is 0 Å². The van der Waals surface area contributed by atoms with Crippen molar-refractivity contribution >= 4 is 5.91 Å². The van der Waals surface area contributed by atoms with Crippen molar-refractivity contribution in [1.29, 1.82) is 0 Å². The summed E-state index contributed by atoms with van der Waals surface area (Å²) in [6.07, 6.45) is 3.54. The van der Waals surface area contributed by atoms with E-state index in [-0.39, 0.29) is 12.5 Å². The van der Waals surface area contributed by atoms with Gasteiger partial charge >= 0.3 is 0 Å². The number of carbonyl (C=O) groups is 1. The van der Waals surface area contributed by atoms with E-state index < -0.39 is 0 Å². The van der Waals surface area contributed by atoms with Gasteiger partial charge in [-0.2, -0.15) is 0 Å². The Morgan fingerprint density at radius 3 is 2.84 bits per heavy atom. The molecule has 0 spiro atoms. The van der Waals surface area contributed by atoms with Gasteiger partial charge in [0, 0.05) is 13.1 Å². The Hall–Kier alpha value is -1.51. The molecule has 3 heteroatoms. The van der Waals surface area contributed by atoms with E-state index in [0.29, 0.717) is 0 Å². The molecule has 3 nitrogen and oxygen atoms in total. The van der Waals surface area contributed by atoms with Crippen LogP contribution in [0.3, 0.4) is 0 Å². The quantitative estimate of drug-likeness (QED) is 0.755. The monoisotopic (exact) mass is 261 g/mol. The van der Waals surface area contributed by atoms with Crippen LogP contribution in [0.1, 0.15) is 31.7 Å². The Morgan fingerprint density at radius 1 is 1.42 bits per heavy atom. The minimum Gasteiger partial charge on any atom is -0.484 e. The van der Waals surface area contributed by atoms with Crippen LogP contribution in [0.15, 0.2) is 24.3 Å². The Morgan fingerprint density at radius 2 is 2.21 bits per heavy atom. The molecule has 0 atom stereocenters. The van der Waals surface area contributed by atoms with E-state index in [1.54, 1.807) is 0 Å². The van der Waals surface area contributed by atoms with E-state index in [9.17, 15) is 4.79 Å². The maximum Gasteiger partial charge on any atom is 0.260 e. The van der Waals surface area contributed by atoms with Crippen molar-refractivity contribution in [3.63, 3.8) is 0 Å². The van der Waals surface area contributed by atoms with Crippen LogP contribution in [0.5, 0.6) is 5.75 Å². The van der Waals surface area contributed by atoms with Gasteiger partial charge in [0.15, 0.2) is 6.61 Å². The number of benzene rings is 1. The minimum atomic E-state index is 0.107. The van der Waals surface area contributed by atoms with E-state index >= 15 is 0 Å². The van der Waals surface area contributed by atoms with Crippen LogP contribution in [0, 0.1) is 12.8 Å². The lowest BCUT2D eigenvalue weighted by Crippen LogP contribution is -2.37. The number of carbonyl (C=O) groups excluding carboxylic acids is 1. The van der Waals surface area contributed by atoms with Crippen LogP contribution >= 0.6 is 0 Å². The fourth-order valence-electron chi connectivity index (χ4n) is 2.14. The summed E-state index contributed by atoms with van der Waals surface area (Å²) < 4.78 is 5.59. The fourth-order valence-corrected chi connectivity index (χ4v) is 2.14. The zero-order chi connectivity index (χ0) is 13.7. The first-order chi connectivity index (χ1) is 9.19. The van der Waals surface area contributed by atoms with Gasteiger partial charge in [-0.05, 0) is 49.8 Å². The number of ether oxygens (including phenoxy) is 1. The highest BCUT2D eigenvalue weighted by Crippen LogP contribution is 2.29. The first-order valence-electron chi connectivity index (χ1n) is 7.16. The summed E-state index contributed by atoms with van der Waals surface area (Å²) in [6.45, 7) is 6.02. The first-order valence-corrected chi connectivity index (χ1v) is 7.16. The van der Waals surface area contributed by atoms with Crippen LogP contribution in [-0.4, -0.2) is 30.5 Å². The molecule has 2 rings (SSSR count). The molecule has 1 saturated carbocycles. The summed E-state index contributed by atoms with van der Waals surface area (Å²) >= 11 is 0. The van der Waals surface area contributed by atoms with Crippen LogP contribution in [0.25, 0.3) is 0 Å². The second-order valence-electron chi connectivity index (χ2n) is 5.39. The molecule has 0 radical (unpaired) electrons. The van der Waals surface area contributed by atoms with Gasteiger partial charge in [0.05, 0.1) is 0 Å². The predicted octanol–water partition coefficient (Wildman–Crippen LogP) is 3.02. The largest absolute Gasteiger partial charge is 0.484 e. The molecule has 0 aromatic heterocycles. The Kier molecular flexibility index (Phi) is 4.83. The number of hydrogen-bond donors (Lipinski definition) is 0. The molecule has 0 saturated heterocycles. The van der Waals surface area contributed by atoms with E-state index in [0.717, 1.165) is 36.7 Å². The molecule has 0 unspecified atom stereocenters. The fraction of sp³-hybridized carbons (Fsp3) is 0.562. The highest BCUT2D eigenvalue weighted by atomic mass is 16.5. The third-order valence-electron chi connectivity index (χ3n) is 3.37. The van der Waals surface area contributed by atoms with E-state index in [4.69, 9.17) is 4.74 Å². The van der Waals surface area contributed by atoms with Crippen LogP contribution in [0.4, 0.5) is 0 Å². The molecule has 1 fully saturated rings. The molecule has 1 amide bonds. The molecular formula is C16H23NO2. The average Bonchev–Trinajstić information content (AvgIpc) is 3.19. The summed E-state index contributed by atoms with van der Waals surface area (Å²) in [7, 11) is 0. The lowest BCUT2D eigenvalue weighted by atomic mass is 10.2. The standard InChI is InChI=1S/C16H23NO2/c1-3-9-17(11-14-7-8-14)16(18)12-19-15-6-4-5-13(2)10-15/h4-6,10,14H,3,7-9,11-12H2,1-2H3. The number of aryl methyl sites for hydroxylation is 1. The molecule has 1 aliphatic rings. The van der Waals surface area contributed by atoms with Crippen molar-refractivity contribution < 1.29 is 9.53 Å². The van der Waals surface area contributed by atoms with E-state index in [2.05, 4.69) is 6.92 Å². The molecule has 0 aliphatic heterocycles. The number of rotatable bonds is 7. The van der Waals surface area contributed by atoms with Crippen molar-refractivity contribution in [2.75, 3.05) is 19.7 Å². The first kappa shape index (κ1) is 13.9. The average molecular weight is 261 g/mol. The van der Waals surface area contributed by atoms with E-state index in [1.807, 2.05) is 36.1 Å². The molecule has 0 bridgehead atoms. The van der Waals surface area contributed by atoms with Crippen LogP contribution < -0.4 is 4.74 Å². The number of amides is 1. The summed E-state index contributed by atoms with van der Waals surface area (Å²) in [5.41, 5.74) is 1.15. The maximum absolute atomic E-state index is 12.2. The van der Waals surface area contributed by atoms with Crippen molar-refractivity contribution in [3.8, 4) is 5.75 Å². The molecule has 0 heterocycles. The molecule has 0 N–H and O–H groups in total. The lowest BCUT2D eigenvalue weighted by molar-refractivity contribution is -0.133. The molecular weight excluding hydrogens is 238 g/mol. The van der Waals surface area contributed by atoms with Gasteiger partial charge in [-0.25, -0.2) is 0 Å². The lowest BCUT2D eigenvalue weighted by Gasteiger charge is -2.22. The smallest absolute Gasteiger partial charge is 0.260 e. The van der Waals surface area contributed by atoms with Gasteiger partial charge in [-0.3, -0.25) is 4.79 Å². The Balaban J connectivity index is 1.83. The summed E-state index contributed by atoms with van der Waals surface area (Å²) in [6, 6.07) is 7.82. The predicted molar refractivity (Wildman–Crippen MR) is 76.3 cm³/mol. The normalized spacial score (nSPS) is 14.2. The van der Waals surface area contributed by atoms with Gasteiger partial charge in [-0.1, -0.05) is 19.1 Å². The molecule has 19 heavy (non-hydrogen) atoms. The second-order valence-corrected chi connectivity index (χ2v) is 5.39. The maximum atomic E-state index is 12.2. The van der Waals surface area contributed by atoms with Crippen molar-refractivity contribution in [2.45, 2.75) is 33.1 Å². The Labute approximate surface area is 115 Å². The van der Waals surface area contributed by atoms with Gasteiger partial charge in [-0.15, -0.1) is 0 Å². The van der Waals surface area contributed by atoms with Crippen LogP contribution in [0.2, 0.25) is 0 Å². The number of hydrogen-bond acceptors (Lipinski definition) is 2. The summed E-state index contributed by atoms with van der Waals surface area (Å²) in [4.78, 5) is 14.1. The SMILES string of the molecule is CCCN(CC1CC1)C(=O)COc1cccc(C)c1. The molecule has 1 aromatic rings. The van der Waals surface area contributed by atoms with Crippen LogP contribution in [-0.2, 0) is 4.79 Å².